The van der Waals surface area contributed by atoms with Crippen molar-refractivity contribution in [2.24, 2.45) is 5.41 Å². The lowest BCUT2D eigenvalue weighted by Gasteiger charge is -2.26. The van der Waals surface area contributed by atoms with Gasteiger partial charge in [0.1, 0.15) is 22.4 Å². The Balaban J connectivity index is 1.21. The topological polar surface area (TPSA) is 83.9 Å². The van der Waals surface area contributed by atoms with Crippen molar-refractivity contribution in [1.29, 1.82) is 5.26 Å². The average molecular weight is 540 g/mol. The average Bonchev–Trinajstić information content (AvgIpc) is 3.65. The molecule has 5 heterocycles. The fourth-order valence-corrected chi connectivity index (χ4v) is 7.13. The Bertz CT molecular complexity index is 1570. The number of H-pyrrole nitrogens is 1. The van der Waals surface area contributed by atoms with E-state index in [2.05, 4.69) is 50.2 Å². The first-order valence-electron chi connectivity index (χ1n) is 12.7. The van der Waals surface area contributed by atoms with Gasteiger partial charge in [0, 0.05) is 54.4 Å². The van der Waals surface area contributed by atoms with E-state index < -0.39 is 12.6 Å². The fraction of sp³-hybridized carbons (Fsp3) is 0.444. The Hall–Kier alpha value is -3.36. The van der Waals surface area contributed by atoms with Crippen LogP contribution in [0.3, 0.4) is 0 Å². The number of nitriles is 1. The van der Waals surface area contributed by atoms with Crippen molar-refractivity contribution < 1.29 is 13.2 Å². The monoisotopic (exact) mass is 539 g/mol. The van der Waals surface area contributed by atoms with Crippen LogP contribution in [0.25, 0.3) is 21.1 Å². The van der Waals surface area contributed by atoms with E-state index in [0.29, 0.717) is 21.9 Å². The Labute approximate surface area is 222 Å². The summed E-state index contributed by atoms with van der Waals surface area (Å²) in [6.45, 7) is 6.57. The Morgan fingerprint density at radius 3 is 2.74 bits per heavy atom. The molecular weight excluding hydrogens is 511 g/mol. The highest BCUT2D eigenvalue weighted by molar-refractivity contribution is 7.18. The minimum Gasteiger partial charge on any atom is -0.357 e. The highest BCUT2D eigenvalue weighted by Gasteiger charge is 2.44. The zero-order valence-corrected chi connectivity index (χ0v) is 22.1. The number of aromatic amines is 1. The number of nitrogens with one attached hydrogen (secondary N) is 2. The van der Waals surface area contributed by atoms with Gasteiger partial charge < -0.3 is 15.2 Å². The summed E-state index contributed by atoms with van der Waals surface area (Å²) in [4.78, 5) is 17.9. The molecule has 0 radical (unpaired) electrons. The molecule has 11 heteroatoms. The van der Waals surface area contributed by atoms with Crippen LogP contribution in [0.5, 0.6) is 0 Å². The maximum absolute atomic E-state index is 13.1. The lowest BCUT2D eigenvalue weighted by molar-refractivity contribution is -0.126. The second-order valence-corrected chi connectivity index (χ2v) is 11.7. The molecule has 2 aliphatic rings. The van der Waals surface area contributed by atoms with Gasteiger partial charge in [0.25, 0.3) is 0 Å². The molecule has 6 rings (SSSR count). The summed E-state index contributed by atoms with van der Waals surface area (Å²) in [5.41, 5.74) is 4.14. The number of aromatic nitrogens is 3. The van der Waals surface area contributed by atoms with Gasteiger partial charge in [-0.1, -0.05) is 6.07 Å². The molecule has 2 N–H and O–H groups in total. The van der Waals surface area contributed by atoms with E-state index in [0.717, 1.165) is 73.6 Å². The summed E-state index contributed by atoms with van der Waals surface area (Å²) in [6.07, 6.45) is -3.12. The quantitative estimate of drug-likeness (QED) is 0.344. The number of likely N-dealkylation sites (tertiary alicyclic amines) is 1. The highest BCUT2D eigenvalue weighted by atomic mass is 32.1. The lowest BCUT2D eigenvalue weighted by atomic mass is 9.86. The van der Waals surface area contributed by atoms with Gasteiger partial charge in [0.2, 0.25) is 5.95 Å². The minimum atomic E-state index is -4.26. The molecule has 0 bridgehead atoms. The summed E-state index contributed by atoms with van der Waals surface area (Å²) in [7, 11) is 1.73. The number of rotatable bonds is 5. The van der Waals surface area contributed by atoms with E-state index >= 15 is 0 Å². The van der Waals surface area contributed by atoms with Crippen molar-refractivity contribution in [3.8, 4) is 6.07 Å². The normalized spacial score (nSPS) is 20.3. The number of nitrogens with zero attached hydrogens (tertiary/aromatic N) is 5. The number of thiophene rings is 1. The summed E-state index contributed by atoms with van der Waals surface area (Å²) in [5.74, 6) is 1.15. The molecule has 2 fully saturated rings. The van der Waals surface area contributed by atoms with Crippen molar-refractivity contribution in [2.45, 2.75) is 38.9 Å². The zero-order chi connectivity index (χ0) is 26.7. The maximum Gasteiger partial charge on any atom is 0.393 e. The number of hydrogen-bond acceptors (Lipinski definition) is 7. The van der Waals surface area contributed by atoms with Crippen LogP contribution in [0.15, 0.2) is 24.3 Å². The molecule has 4 aromatic rings. The number of fused-ring (bicyclic) bond motifs is 2. The van der Waals surface area contributed by atoms with Gasteiger partial charge in [-0.3, -0.25) is 4.90 Å². The number of anilines is 2. The molecule has 0 saturated carbocycles. The molecule has 198 valence electrons. The highest BCUT2D eigenvalue weighted by Crippen LogP contribution is 2.44. The van der Waals surface area contributed by atoms with Gasteiger partial charge in [-0.15, -0.1) is 11.3 Å². The molecule has 2 aliphatic heterocycles. The van der Waals surface area contributed by atoms with Crippen molar-refractivity contribution >= 4 is 44.2 Å². The van der Waals surface area contributed by atoms with Crippen LogP contribution in [0.1, 0.15) is 34.5 Å². The van der Waals surface area contributed by atoms with Gasteiger partial charge in [-0.05, 0) is 55.6 Å². The SMILES string of the molecule is CNc1nc(N2CCC3(CCN(Cc4ccc5[nH]c(C#N)cc5c4C)C3)C2)c2cc(CC(F)(F)F)sc2n1. The molecule has 0 amide bonds. The Kier molecular flexibility index (Phi) is 6.00. The molecular formula is C27H28F3N7S. The standard InChI is InChI=1S/C27H28F3N7S/c1-16-17(3-4-22-20(16)9-18(12-31)33-22)13-36-7-5-26(14-36)6-8-37(15-26)23-21-10-19(11-27(28,29)30)38-24(21)35-25(32-2)34-23/h3-4,9-10,33H,5-8,11,13-15H2,1-2H3,(H,32,34,35). The first kappa shape index (κ1) is 24.9. The molecule has 0 aliphatic carbocycles. The molecule has 3 aromatic heterocycles. The van der Waals surface area contributed by atoms with E-state index in [-0.39, 0.29) is 10.3 Å². The van der Waals surface area contributed by atoms with Crippen LogP contribution in [0.4, 0.5) is 24.9 Å². The Morgan fingerprint density at radius 2 is 1.97 bits per heavy atom. The summed E-state index contributed by atoms with van der Waals surface area (Å²) >= 11 is 1.09. The van der Waals surface area contributed by atoms with Crippen LogP contribution in [0, 0.1) is 23.7 Å². The first-order valence-corrected chi connectivity index (χ1v) is 13.5. The van der Waals surface area contributed by atoms with Gasteiger partial charge in [0.05, 0.1) is 11.8 Å². The van der Waals surface area contributed by atoms with Crippen LogP contribution in [-0.4, -0.2) is 59.3 Å². The van der Waals surface area contributed by atoms with Gasteiger partial charge in [-0.25, -0.2) is 4.98 Å². The molecule has 1 unspecified atom stereocenters. The molecule has 38 heavy (non-hydrogen) atoms. The Morgan fingerprint density at radius 1 is 1.16 bits per heavy atom. The van der Waals surface area contributed by atoms with E-state index in [9.17, 15) is 18.4 Å². The van der Waals surface area contributed by atoms with Crippen molar-refractivity contribution in [1.82, 2.24) is 19.9 Å². The molecule has 1 spiro atoms. The van der Waals surface area contributed by atoms with Gasteiger partial charge >= 0.3 is 6.18 Å². The summed E-state index contributed by atoms with van der Waals surface area (Å²) in [6, 6.07) is 9.91. The first-order chi connectivity index (χ1) is 18.1. The van der Waals surface area contributed by atoms with E-state index in [4.69, 9.17) is 4.98 Å². The lowest BCUT2D eigenvalue weighted by Crippen LogP contribution is -2.31. The summed E-state index contributed by atoms with van der Waals surface area (Å²) in [5, 5.41) is 14.0. The third kappa shape index (κ3) is 4.56. The van der Waals surface area contributed by atoms with Crippen molar-refractivity contribution in [3.63, 3.8) is 0 Å². The third-order valence-electron chi connectivity index (χ3n) is 7.98. The van der Waals surface area contributed by atoms with E-state index in [1.807, 2.05) is 6.07 Å². The van der Waals surface area contributed by atoms with Crippen molar-refractivity contribution in [2.75, 3.05) is 43.4 Å². The number of hydrogen-bond donors (Lipinski definition) is 2. The van der Waals surface area contributed by atoms with Gasteiger partial charge in [-0.2, -0.15) is 23.4 Å². The predicted molar refractivity (Wildman–Crippen MR) is 144 cm³/mol. The van der Waals surface area contributed by atoms with Crippen LogP contribution < -0.4 is 10.2 Å². The molecule has 2 saturated heterocycles. The smallest absolute Gasteiger partial charge is 0.357 e. The maximum atomic E-state index is 13.1. The number of aryl methyl sites for hydroxylation is 1. The minimum absolute atomic E-state index is 0.127. The third-order valence-corrected chi connectivity index (χ3v) is 9.01. The predicted octanol–water partition coefficient (Wildman–Crippen LogP) is 5.60. The van der Waals surface area contributed by atoms with E-state index in [1.54, 1.807) is 13.1 Å². The van der Waals surface area contributed by atoms with Gasteiger partial charge in [0.15, 0.2) is 0 Å². The number of benzene rings is 1. The largest absolute Gasteiger partial charge is 0.393 e. The molecule has 1 atom stereocenters. The van der Waals surface area contributed by atoms with Crippen molar-refractivity contribution in [3.05, 3.63) is 46.0 Å². The fourth-order valence-electron chi connectivity index (χ4n) is 6.07. The van der Waals surface area contributed by atoms with Crippen LogP contribution >= 0.6 is 11.3 Å². The molecule has 1 aromatic carbocycles. The van der Waals surface area contributed by atoms with Crippen LogP contribution in [-0.2, 0) is 13.0 Å². The second-order valence-electron chi connectivity index (χ2n) is 10.6. The number of alkyl halides is 3. The number of halogens is 3. The zero-order valence-electron chi connectivity index (χ0n) is 21.2. The second kappa shape index (κ2) is 9.13. The molecule has 7 nitrogen and oxygen atoms in total. The van der Waals surface area contributed by atoms with E-state index in [1.165, 1.54) is 11.1 Å². The summed E-state index contributed by atoms with van der Waals surface area (Å²) < 4.78 is 39.2. The van der Waals surface area contributed by atoms with Crippen LogP contribution in [0.2, 0.25) is 0 Å².